The number of likely N-dealkylation sites (tertiary alicyclic amines) is 1. The zero-order valence-corrected chi connectivity index (χ0v) is 14.7. The molecule has 1 amide bonds. The van der Waals surface area contributed by atoms with Crippen molar-refractivity contribution in [2.45, 2.75) is 18.9 Å². The number of aliphatic hydroxyl groups is 1. The zero-order chi connectivity index (χ0) is 17.2. The van der Waals surface area contributed by atoms with Crippen LogP contribution in [0.3, 0.4) is 0 Å². The number of aromatic nitrogens is 1. The van der Waals surface area contributed by atoms with Gasteiger partial charge in [-0.3, -0.25) is 9.78 Å². The van der Waals surface area contributed by atoms with Gasteiger partial charge in [0.2, 0.25) is 0 Å². The molecular weight excluding hydrogens is 332 g/mol. The van der Waals surface area contributed by atoms with Crippen molar-refractivity contribution in [1.82, 2.24) is 9.88 Å². The van der Waals surface area contributed by atoms with Crippen LogP contribution in [0.25, 0.3) is 10.8 Å². The van der Waals surface area contributed by atoms with Gasteiger partial charge in [-0.1, -0.05) is 18.2 Å². The molecule has 0 aliphatic carbocycles. The van der Waals surface area contributed by atoms with Gasteiger partial charge < -0.3 is 10.0 Å². The average Bonchev–Trinajstić information content (AvgIpc) is 3.21. The van der Waals surface area contributed by atoms with Gasteiger partial charge >= 0.3 is 0 Å². The summed E-state index contributed by atoms with van der Waals surface area (Å²) in [5.41, 5.74) is 0.733. The minimum Gasteiger partial charge on any atom is -0.387 e. The maximum absolute atomic E-state index is 13.0. The summed E-state index contributed by atoms with van der Waals surface area (Å²) in [6.45, 7) is 1.38. The first-order valence-electron chi connectivity index (χ1n) is 8.57. The molecule has 5 heteroatoms. The van der Waals surface area contributed by atoms with Gasteiger partial charge in [0, 0.05) is 41.3 Å². The third-order valence-electron chi connectivity index (χ3n) is 5.02. The molecule has 1 aromatic carbocycles. The van der Waals surface area contributed by atoms with Crippen molar-refractivity contribution < 1.29 is 9.90 Å². The smallest absolute Gasteiger partial charge is 0.254 e. The van der Waals surface area contributed by atoms with Gasteiger partial charge in [-0.2, -0.15) is 0 Å². The summed E-state index contributed by atoms with van der Waals surface area (Å²) < 4.78 is 0. The fraction of sp³-hybridized carbons (Fsp3) is 0.300. The van der Waals surface area contributed by atoms with Crippen LogP contribution in [-0.2, 0) is 0 Å². The molecule has 25 heavy (non-hydrogen) atoms. The number of nitrogens with zero attached hydrogens (tertiary/aromatic N) is 2. The molecule has 3 aromatic rings. The highest BCUT2D eigenvalue weighted by atomic mass is 32.1. The lowest BCUT2D eigenvalue weighted by Crippen LogP contribution is -2.39. The van der Waals surface area contributed by atoms with Crippen LogP contribution >= 0.6 is 11.3 Å². The number of rotatable bonds is 3. The van der Waals surface area contributed by atoms with Gasteiger partial charge in [-0.05, 0) is 47.7 Å². The molecule has 0 radical (unpaired) electrons. The summed E-state index contributed by atoms with van der Waals surface area (Å²) in [5.74, 6) is 0.292. The van der Waals surface area contributed by atoms with Crippen molar-refractivity contribution in [3.8, 4) is 0 Å². The molecule has 2 aromatic heterocycles. The van der Waals surface area contributed by atoms with E-state index in [2.05, 4.69) is 4.98 Å². The maximum atomic E-state index is 13.0. The number of carbonyl (C=O) groups is 1. The lowest BCUT2D eigenvalue weighted by molar-refractivity contribution is 0.0475. The Bertz CT molecular complexity index is 865. The predicted molar refractivity (Wildman–Crippen MR) is 99.6 cm³/mol. The number of benzene rings is 1. The van der Waals surface area contributed by atoms with E-state index >= 15 is 0 Å². The maximum Gasteiger partial charge on any atom is 0.254 e. The highest BCUT2D eigenvalue weighted by Gasteiger charge is 2.29. The SMILES string of the molecule is O=C(c1cccc2cnccc12)N1CCC([C@H](O)c2cccs2)CC1. The first-order valence-corrected chi connectivity index (χ1v) is 9.45. The second-order valence-corrected chi connectivity index (χ2v) is 7.47. The second kappa shape index (κ2) is 6.94. The van der Waals surface area contributed by atoms with Gasteiger partial charge in [0.15, 0.2) is 0 Å². The van der Waals surface area contributed by atoms with Gasteiger partial charge in [0.05, 0.1) is 6.10 Å². The van der Waals surface area contributed by atoms with Crippen LogP contribution in [0.5, 0.6) is 0 Å². The van der Waals surface area contributed by atoms with Crippen molar-refractivity contribution in [1.29, 1.82) is 0 Å². The summed E-state index contributed by atoms with van der Waals surface area (Å²) in [7, 11) is 0. The molecular formula is C20H20N2O2S. The number of pyridine rings is 1. The molecule has 0 unspecified atom stereocenters. The third kappa shape index (κ3) is 3.17. The Kier molecular flexibility index (Phi) is 4.51. The second-order valence-electron chi connectivity index (χ2n) is 6.49. The van der Waals surface area contributed by atoms with E-state index in [0.29, 0.717) is 13.1 Å². The predicted octanol–water partition coefficient (Wildman–Crippen LogP) is 3.88. The normalized spacial score (nSPS) is 16.9. The number of carbonyl (C=O) groups excluding carboxylic acids is 1. The zero-order valence-electron chi connectivity index (χ0n) is 13.8. The van der Waals surface area contributed by atoms with Crippen LogP contribution < -0.4 is 0 Å². The number of thiophene rings is 1. The number of amides is 1. The van der Waals surface area contributed by atoms with E-state index in [1.165, 1.54) is 0 Å². The minimum absolute atomic E-state index is 0.0702. The number of hydrogen-bond donors (Lipinski definition) is 1. The Hall–Kier alpha value is -2.24. The molecule has 1 aliphatic heterocycles. The first kappa shape index (κ1) is 16.2. The quantitative estimate of drug-likeness (QED) is 0.778. The summed E-state index contributed by atoms with van der Waals surface area (Å²) >= 11 is 1.59. The minimum atomic E-state index is -0.416. The van der Waals surface area contributed by atoms with Crippen molar-refractivity contribution in [2.75, 3.05) is 13.1 Å². The number of aliphatic hydroxyl groups excluding tert-OH is 1. The monoisotopic (exact) mass is 352 g/mol. The Labute approximate surface area is 150 Å². The first-order chi connectivity index (χ1) is 12.2. The van der Waals surface area contributed by atoms with Gasteiger partial charge in [0.25, 0.3) is 5.91 Å². The van der Waals surface area contributed by atoms with E-state index in [4.69, 9.17) is 0 Å². The fourth-order valence-corrected chi connectivity index (χ4v) is 4.39. The van der Waals surface area contributed by atoms with Crippen LogP contribution in [-0.4, -0.2) is 34.0 Å². The fourth-order valence-electron chi connectivity index (χ4n) is 3.59. The molecule has 4 rings (SSSR count). The Morgan fingerprint density at radius 2 is 2.04 bits per heavy atom. The lowest BCUT2D eigenvalue weighted by Gasteiger charge is -2.34. The van der Waals surface area contributed by atoms with E-state index < -0.39 is 6.10 Å². The van der Waals surface area contributed by atoms with Crippen LogP contribution in [0.4, 0.5) is 0 Å². The lowest BCUT2D eigenvalue weighted by atomic mass is 9.90. The van der Waals surface area contributed by atoms with Crippen LogP contribution in [0.1, 0.15) is 34.2 Å². The molecule has 0 bridgehead atoms. The molecule has 128 valence electrons. The molecule has 1 N–H and O–H groups in total. The van der Waals surface area contributed by atoms with E-state index in [1.54, 1.807) is 23.7 Å². The van der Waals surface area contributed by atoms with E-state index in [-0.39, 0.29) is 11.8 Å². The number of hydrogen-bond acceptors (Lipinski definition) is 4. The van der Waals surface area contributed by atoms with Crippen molar-refractivity contribution in [3.63, 3.8) is 0 Å². The molecule has 1 fully saturated rings. The van der Waals surface area contributed by atoms with Gasteiger partial charge in [-0.25, -0.2) is 0 Å². The van der Waals surface area contributed by atoms with Gasteiger partial charge in [-0.15, -0.1) is 11.3 Å². The number of piperidine rings is 1. The topological polar surface area (TPSA) is 53.4 Å². The van der Waals surface area contributed by atoms with E-state index in [0.717, 1.165) is 34.1 Å². The van der Waals surface area contributed by atoms with Gasteiger partial charge in [0.1, 0.15) is 0 Å². The summed E-state index contributed by atoms with van der Waals surface area (Å²) in [6, 6.07) is 11.6. The third-order valence-corrected chi connectivity index (χ3v) is 5.96. The van der Waals surface area contributed by atoms with Crippen molar-refractivity contribution in [3.05, 3.63) is 64.6 Å². The highest BCUT2D eigenvalue weighted by molar-refractivity contribution is 7.10. The average molecular weight is 352 g/mol. The van der Waals surface area contributed by atoms with Crippen LogP contribution in [0, 0.1) is 5.92 Å². The molecule has 3 heterocycles. The molecule has 0 spiro atoms. The Morgan fingerprint density at radius 3 is 2.80 bits per heavy atom. The molecule has 4 nitrogen and oxygen atoms in total. The summed E-state index contributed by atoms with van der Waals surface area (Å²) in [6.07, 6.45) is 4.76. The molecule has 1 atom stereocenters. The summed E-state index contributed by atoms with van der Waals surface area (Å²) in [4.78, 5) is 20.0. The Morgan fingerprint density at radius 1 is 1.20 bits per heavy atom. The van der Waals surface area contributed by atoms with E-state index in [1.807, 2.05) is 46.7 Å². The molecule has 0 saturated carbocycles. The summed E-state index contributed by atoms with van der Waals surface area (Å²) in [5, 5.41) is 14.4. The standard InChI is InChI=1S/C20H20N2O2S/c23-19(18-5-2-12-25-18)14-7-10-22(11-8-14)20(24)17-4-1-3-15-13-21-9-6-16(15)17/h1-6,9,12-14,19,23H,7-8,10-11H2/t19-/m0/s1. The van der Waals surface area contributed by atoms with Crippen LogP contribution in [0.2, 0.25) is 0 Å². The largest absolute Gasteiger partial charge is 0.387 e. The van der Waals surface area contributed by atoms with Crippen LogP contribution in [0.15, 0.2) is 54.2 Å². The highest BCUT2D eigenvalue weighted by Crippen LogP contribution is 2.33. The van der Waals surface area contributed by atoms with Crippen molar-refractivity contribution in [2.24, 2.45) is 5.92 Å². The van der Waals surface area contributed by atoms with Crippen molar-refractivity contribution >= 4 is 28.0 Å². The Balaban J connectivity index is 1.48. The number of fused-ring (bicyclic) bond motifs is 1. The molecule has 1 saturated heterocycles. The molecule has 1 aliphatic rings. The van der Waals surface area contributed by atoms with E-state index in [9.17, 15) is 9.90 Å².